The van der Waals surface area contributed by atoms with Crippen molar-refractivity contribution in [2.24, 2.45) is 46.3 Å². The van der Waals surface area contributed by atoms with E-state index in [-0.39, 0.29) is 29.5 Å². The lowest BCUT2D eigenvalue weighted by molar-refractivity contribution is -0.174. The van der Waals surface area contributed by atoms with Crippen molar-refractivity contribution in [2.75, 3.05) is 0 Å². The minimum absolute atomic E-state index is 0.179. The van der Waals surface area contributed by atoms with Crippen LogP contribution in [0.1, 0.15) is 85.0 Å². The second-order valence-corrected chi connectivity index (χ2v) is 11.4. The molecule has 0 aliphatic heterocycles. The Morgan fingerprint density at radius 3 is 2.39 bits per heavy atom. The molecule has 0 aromatic carbocycles. The second-order valence-electron chi connectivity index (χ2n) is 11.4. The van der Waals surface area contributed by atoms with E-state index in [4.69, 9.17) is 5.11 Å². The molecule has 0 aromatic rings. The van der Waals surface area contributed by atoms with Crippen molar-refractivity contribution in [3.05, 3.63) is 0 Å². The van der Waals surface area contributed by atoms with E-state index in [9.17, 15) is 15.0 Å². The molecule has 160 valence electrons. The fraction of sp³-hybridized carbons (Fsp3) is 0.958. The molecule has 0 aromatic heterocycles. The molecule has 4 heteroatoms. The molecule has 4 aliphatic rings. The molecule has 4 fully saturated rings. The summed E-state index contributed by atoms with van der Waals surface area (Å²) in [5.74, 6) is 2.36. The maximum absolute atomic E-state index is 11.2. The summed E-state index contributed by atoms with van der Waals surface area (Å²) < 4.78 is 0. The normalized spacial score (nSPS) is 51.7. The Hall–Kier alpha value is -0.610. The summed E-state index contributed by atoms with van der Waals surface area (Å²) >= 11 is 0. The average Bonchev–Trinajstić information content (AvgIpc) is 2.98. The van der Waals surface area contributed by atoms with E-state index in [0.29, 0.717) is 35.5 Å². The number of fused-ring (bicyclic) bond motifs is 5. The maximum Gasteiger partial charge on any atom is 0.303 e. The molecule has 4 aliphatic carbocycles. The van der Waals surface area contributed by atoms with E-state index in [1.54, 1.807) is 0 Å². The average molecular weight is 393 g/mol. The van der Waals surface area contributed by atoms with Gasteiger partial charge in [-0.1, -0.05) is 20.8 Å². The molecule has 3 N–H and O–H groups in total. The van der Waals surface area contributed by atoms with Crippen LogP contribution in [0.2, 0.25) is 0 Å². The molecule has 0 heterocycles. The SMILES string of the molecule is C[C@@H](CCC(=O)O)[C@H]1CC[C@@H]2[C@H]3[C@H](O)C[C@@H]4C[C@H](O)CC[C@]4(C)[C@H]3CC[C@@]21C. The highest BCUT2D eigenvalue weighted by atomic mass is 16.4. The third-order valence-corrected chi connectivity index (χ3v) is 10.2. The van der Waals surface area contributed by atoms with Crippen LogP contribution in [0.15, 0.2) is 0 Å². The Balaban J connectivity index is 1.55. The van der Waals surface area contributed by atoms with Crippen molar-refractivity contribution in [3.63, 3.8) is 0 Å². The van der Waals surface area contributed by atoms with E-state index >= 15 is 0 Å². The van der Waals surface area contributed by atoms with Crippen LogP contribution < -0.4 is 0 Å². The summed E-state index contributed by atoms with van der Waals surface area (Å²) in [6.45, 7) is 7.16. The molecule has 10 atom stereocenters. The summed E-state index contributed by atoms with van der Waals surface area (Å²) in [7, 11) is 0. The van der Waals surface area contributed by atoms with Gasteiger partial charge in [0.25, 0.3) is 0 Å². The minimum Gasteiger partial charge on any atom is -0.481 e. The van der Waals surface area contributed by atoms with E-state index in [0.717, 1.165) is 32.1 Å². The lowest BCUT2D eigenvalue weighted by atomic mass is 9.43. The molecule has 4 saturated carbocycles. The fourth-order valence-electron chi connectivity index (χ4n) is 8.73. The van der Waals surface area contributed by atoms with Crippen LogP contribution in [0.25, 0.3) is 0 Å². The van der Waals surface area contributed by atoms with Crippen molar-refractivity contribution < 1.29 is 20.1 Å². The van der Waals surface area contributed by atoms with Crippen molar-refractivity contribution in [1.29, 1.82) is 0 Å². The van der Waals surface area contributed by atoms with Crippen LogP contribution in [0, 0.1) is 46.3 Å². The van der Waals surface area contributed by atoms with Gasteiger partial charge in [-0.15, -0.1) is 0 Å². The van der Waals surface area contributed by atoms with Crippen molar-refractivity contribution in [2.45, 2.75) is 97.2 Å². The van der Waals surface area contributed by atoms with Gasteiger partial charge in [0, 0.05) is 6.42 Å². The third-order valence-electron chi connectivity index (χ3n) is 10.2. The molecule has 0 saturated heterocycles. The standard InChI is InChI=1S/C24H40O4/c1-14(4-7-21(27)28)17-5-6-18-22-19(9-11-24(17,18)3)23(2)10-8-16(25)12-15(23)13-20(22)26/h14-20,22,25-26H,4-13H2,1-3H3,(H,27,28)/t14-,15-,16+,17+,18+,19-,20+,22+,23-,24+/m0/s1. The van der Waals surface area contributed by atoms with Gasteiger partial charge < -0.3 is 15.3 Å². The molecule has 0 bridgehead atoms. The van der Waals surface area contributed by atoms with Crippen molar-refractivity contribution in [3.8, 4) is 0 Å². The molecule has 0 amide bonds. The van der Waals surface area contributed by atoms with Gasteiger partial charge in [-0.3, -0.25) is 4.79 Å². The summed E-state index contributed by atoms with van der Waals surface area (Å²) in [5.41, 5.74) is 0.523. The maximum atomic E-state index is 11.2. The first-order valence-electron chi connectivity index (χ1n) is 11.7. The Morgan fingerprint density at radius 1 is 1.00 bits per heavy atom. The summed E-state index contributed by atoms with van der Waals surface area (Å²) in [5, 5.41) is 30.5. The summed E-state index contributed by atoms with van der Waals surface area (Å²) in [6, 6.07) is 0. The Labute approximate surface area is 170 Å². The number of aliphatic carboxylic acids is 1. The predicted molar refractivity (Wildman–Crippen MR) is 109 cm³/mol. The highest BCUT2D eigenvalue weighted by Crippen LogP contribution is 2.68. The number of carboxylic acids is 1. The van der Waals surface area contributed by atoms with Crippen LogP contribution in [0.5, 0.6) is 0 Å². The number of aliphatic hydroxyl groups is 2. The van der Waals surface area contributed by atoms with Gasteiger partial charge in [0.2, 0.25) is 0 Å². The molecule has 28 heavy (non-hydrogen) atoms. The van der Waals surface area contributed by atoms with Crippen molar-refractivity contribution in [1.82, 2.24) is 0 Å². The molecule has 0 unspecified atom stereocenters. The van der Waals surface area contributed by atoms with Gasteiger partial charge >= 0.3 is 5.97 Å². The molecular formula is C24H40O4. The highest BCUT2D eigenvalue weighted by molar-refractivity contribution is 5.66. The molecule has 0 radical (unpaired) electrons. The molecule has 4 nitrogen and oxygen atoms in total. The van der Waals surface area contributed by atoms with Gasteiger partial charge in [0.1, 0.15) is 0 Å². The lowest BCUT2D eigenvalue weighted by Crippen LogP contribution is -2.58. The van der Waals surface area contributed by atoms with E-state index < -0.39 is 5.97 Å². The van der Waals surface area contributed by atoms with Gasteiger partial charge in [-0.05, 0) is 104 Å². The summed E-state index contributed by atoms with van der Waals surface area (Å²) in [4.78, 5) is 11.1. The van der Waals surface area contributed by atoms with Gasteiger partial charge in [-0.25, -0.2) is 0 Å². The first-order chi connectivity index (χ1) is 13.2. The third kappa shape index (κ3) is 3.14. The van der Waals surface area contributed by atoms with Gasteiger partial charge in [-0.2, -0.15) is 0 Å². The van der Waals surface area contributed by atoms with E-state index in [1.165, 1.54) is 25.7 Å². The zero-order valence-electron chi connectivity index (χ0n) is 17.9. The zero-order chi connectivity index (χ0) is 20.3. The molecular weight excluding hydrogens is 352 g/mol. The van der Waals surface area contributed by atoms with Gasteiger partial charge in [0.05, 0.1) is 12.2 Å². The minimum atomic E-state index is -0.684. The van der Waals surface area contributed by atoms with Crippen LogP contribution in [-0.2, 0) is 4.79 Å². The van der Waals surface area contributed by atoms with Crippen LogP contribution in [0.4, 0.5) is 0 Å². The topological polar surface area (TPSA) is 77.8 Å². The Morgan fingerprint density at radius 2 is 1.68 bits per heavy atom. The first kappa shape index (κ1) is 20.7. The highest BCUT2D eigenvalue weighted by Gasteiger charge is 2.62. The molecule has 0 spiro atoms. The number of hydrogen-bond acceptors (Lipinski definition) is 3. The number of rotatable bonds is 4. The van der Waals surface area contributed by atoms with Crippen molar-refractivity contribution >= 4 is 5.97 Å². The number of carboxylic acid groups (broad SMARTS) is 1. The van der Waals surface area contributed by atoms with E-state index in [1.807, 2.05) is 0 Å². The fourth-order valence-corrected chi connectivity index (χ4v) is 8.73. The van der Waals surface area contributed by atoms with Crippen LogP contribution >= 0.6 is 0 Å². The van der Waals surface area contributed by atoms with Crippen LogP contribution in [0.3, 0.4) is 0 Å². The van der Waals surface area contributed by atoms with E-state index in [2.05, 4.69) is 20.8 Å². The number of aliphatic hydroxyl groups excluding tert-OH is 2. The first-order valence-corrected chi connectivity index (χ1v) is 11.7. The van der Waals surface area contributed by atoms with Crippen LogP contribution in [-0.4, -0.2) is 33.5 Å². The largest absolute Gasteiger partial charge is 0.481 e. The summed E-state index contributed by atoms with van der Waals surface area (Å²) in [6.07, 6.45) is 9.19. The monoisotopic (exact) mass is 392 g/mol. The smallest absolute Gasteiger partial charge is 0.303 e. The number of hydrogen-bond donors (Lipinski definition) is 3. The predicted octanol–water partition coefficient (Wildman–Crippen LogP) is 4.48. The Bertz CT molecular complexity index is 605. The quantitative estimate of drug-likeness (QED) is 0.659. The Kier molecular flexibility index (Phi) is 5.36. The van der Waals surface area contributed by atoms with Gasteiger partial charge in [0.15, 0.2) is 0 Å². The second kappa shape index (κ2) is 7.27. The zero-order valence-corrected chi connectivity index (χ0v) is 17.9. The lowest BCUT2D eigenvalue weighted by Gasteiger charge is -2.62. The number of carbonyl (C=O) groups is 1. The molecule has 4 rings (SSSR count).